The standard InChI is InChI=1S/C7H13N.C2H2O4/c1-3-7(4-1)5-2-6-8-7;3-1(4)2(5)6/h8H,1-6H2;(H,3,4)(H,5,6). The van der Waals surface area contributed by atoms with Gasteiger partial charge in [0.1, 0.15) is 0 Å². The fraction of sp³-hybridized carbons (Fsp3) is 0.778. The number of carboxylic acid groups (broad SMARTS) is 2. The number of nitrogens with one attached hydrogen (secondary N) is 1. The van der Waals surface area contributed by atoms with Gasteiger partial charge in [-0.25, -0.2) is 9.59 Å². The first-order chi connectivity index (χ1) is 6.56. The minimum Gasteiger partial charge on any atom is -0.473 e. The summed E-state index contributed by atoms with van der Waals surface area (Å²) in [5.41, 5.74) is 0.667. The molecule has 2 fully saturated rings. The largest absolute Gasteiger partial charge is 0.473 e. The topological polar surface area (TPSA) is 86.6 Å². The van der Waals surface area contributed by atoms with Gasteiger partial charge in [0, 0.05) is 5.54 Å². The second-order valence-electron chi connectivity index (χ2n) is 3.77. The highest BCUT2D eigenvalue weighted by molar-refractivity contribution is 6.27. The first-order valence-corrected chi connectivity index (χ1v) is 4.77. The molecule has 1 heterocycles. The van der Waals surface area contributed by atoms with Crippen LogP contribution in [0, 0.1) is 0 Å². The molecule has 0 unspecified atom stereocenters. The number of hydrogen-bond donors (Lipinski definition) is 3. The van der Waals surface area contributed by atoms with Crippen LogP contribution in [0.4, 0.5) is 0 Å². The minimum atomic E-state index is -1.82. The molecular formula is C9H15NO4. The van der Waals surface area contributed by atoms with Crippen molar-refractivity contribution in [3.8, 4) is 0 Å². The number of aliphatic carboxylic acids is 2. The third-order valence-electron chi connectivity index (χ3n) is 2.83. The lowest BCUT2D eigenvalue weighted by Gasteiger charge is -2.38. The van der Waals surface area contributed by atoms with E-state index < -0.39 is 11.9 Å². The summed E-state index contributed by atoms with van der Waals surface area (Å²) < 4.78 is 0. The fourth-order valence-corrected chi connectivity index (χ4v) is 1.90. The van der Waals surface area contributed by atoms with Gasteiger partial charge in [-0.05, 0) is 38.6 Å². The number of rotatable bonds is 0. The molecule has 2 rings (SSSR count). The second kappa shape index (κ2) is 4.41. The molecule has 0 bridgehead atoms. The average Bonchev–Trinajstić information content (AvgIpc) is 2.51. The van der Waals surface area contributed by atoms with Crippen molar-refractivity contribution in [3.05, 3.63) is 0 Å². The van der Waals surface area contributed by atoms with E-state index in [0.29, 0.717) is 5.54 Å². The van der Waals surface area contributed by atoms with Gasteiger partial charge in [0.2, 0.25) is 0 Å². The Morgan fingerprint density at radius 3 is 1.64 bits per heavy atom. The Morgan fingerprint density at radius 2 is 1.50 bits per heavy atom. The van der Waals surface area contributed by atoms with Crippen molar-refractivity contribution in [3.63, 3.8) is 0 Å². The second-order valence-corrected chi connectivity index (χ2v) is 3.77. The van der Waals surface area contributed by atoms with E-state index in [9.17, 15) is 0 Å². The maximum absolute atomic E-state index is 9.10. The molecule has 0 amide bonds. The maximum Gasteiger partial charge on any atom is 0.414 e. The van der Waals surface area contributed by atoms with Crippen molar-refractivity contribution in [2.75, 3.05) is 6.54 Å². The SMILES string of the molecule is C1CNC2(C1)CCC2.O=C(O)C(=O)O. The lowest BCUT2D eigenvalue weighted by Crippen LogP contribution is -2.45. The Hall–Kier alpha value is -1.10. The summed E-state index contributed by atoms with van der Waals surface area (Å²) in [4.78, 5) is 18.2. The fourth-order valence-electron chi connectivity index (χ4n) is 1.90. The van der Waals surface area contributed by atoms with E-state index in [1.807, 2.05) is 0 Å². The van der Waals surface area contributed by atoms with Crippen LogP contribution in [0.15, 0.2) is 0 Å². The van der Waals surface area contributed by atoms with Crippen LogP contribution in [0.25, 0.3) is 0 Å². The molecule has 0 atom stereocenters. The van der Waals surface area contributed by atoms with E-state index in [1.54, 1.807) is 0 Å². The molecule has 14 heavy (non-hydrogen) atoms. The zero-order chi connectivity index (χ0) is 10.6. The van der Waals surface area contributed by atoms with Gasteiger partial charge in [0.25, 0.3) is 0 Å². The van der Waals surface area contributed by atoms with Crippen molar-refractivity contribution in [1.29, 1.82) is 0 Å². The van der Waals surface area contributed by atoms with Crippen LogP contribution in [-0.4, -0.2) is 34.2 Å². The summed E-state index contributed by atoms with van der Waals surface area (Å²) in [5.74, 6) is -3.65. The highest BCUT2D eigenvalue weighted by Gasteiger charge is 2.38. The van der Waals surface area contributed by atoms with E-state index in [1.165, 1.54) is 38.6 Å². The number of carboxylic acids is 2. The summed E-state index contributed by atoms with van der Waals surface area (Å²) in [6.07, 6.45) is 7.24. The molecule has 0 radical (unpaired) electrons. The van der Waals surface area contributed by atoms with Crippen molar-refractivity contribution in [2.45, 2.75) is 37.6 Å². The molecule has 1 saturated heterocycles. The van der Waals surface area contributed by atoms with Crippen LogP contribution in [0.1, 0.15) is 32.1 Å². The molecule has 5 nitrogen and oxygen atoms in total. The van der Waals surface area contributed by atoms with E-state index in [-0.39, 0.29) is 0 Å². The third kappa shape index (κ3) is 2.70. The van der Waals surface area contributed by atoms with Crippen molar-refractivity contribution >= 4 is 11.9 Å². The van der Waals surface area contributed by atoms with Crippen molar-refractivity contribution in [1.82, 2.24) is 5.32 Å². The lowest BCUT2D eigenvalue weighted by atomic mass is 9.76. The van der Waals surface area contributed by atoms with Crippen LogP contribution >= 0.6 is 0 Å². The van der Waals surface area contributed by atoms with Gasteiger partial charge in [0.15, 0.2) is 0 Å². The Morgan fingerprint density at radius 1 is 1.00 bits per heavy atom. The summed E-state index contributed by atoms with van der Waals surface area (Å²) in [6.45, 7) is 1.28. The van der Waals surface area contributed by atoms with Gasteiger partial charge in [-0.1, -0.05) is 0 Å². The highest BCUT2D eigenvalue weighted by Crippen LogP contribution is 2.38. The van der Waals surface area contributed by atoms with E-state index >= 15 is 0 Å². The lowest BCUT2D eigenvalue weighted by molar-refractivity contribution is -0.159. The molecule has 0 aromatic heterocycles. The van der Waals surface area contributed by atoms with Gasteiger partial charge >= 0.3 is 11.9 Å². The zero-order valence-corrected chi connectivity index (χ0v) is 7.95. The Kier molecular flexibility index (Phi) is 3.46. The van der Waals surface area contributed by atoms with Crippen LogP contribution in [0.2, 0.25) is 0 Å². The van der Waals surface area contributed by atoms with E-state index in [4.69, 9.17) is 19.8 Å². The van der Waals surface area contributed by atoms with Crippen LogP contribution < -0.4 is 5.32 Å². The van der Waals surface area contributed by atoms with Gasteiger partial charge in [-0.15, -0.1) is 0 Å². The monoisotopic (exact) mass is 201 g/mol. The van der Waals surface area contributed by atoms with Crippen LogP contribution in [0.3, 0.4) is 0 Å². The molecule has 1 spiro atoms. The van der Waals surface area contributed by atoms with Gasteiger partial charge in [-0.2, -0.15) is 0 Å². The van der Waals surface area contributed by atoms with Gasteiger partial charge in [0.05, 0.1) is 0 Å². The third-order valence-corrected chi connectivity index (χ3v) is 2.83. The first kappa shape index (κ1) is 11.0. The predicted octanol–water partition coefficient (Wildman–Crippen LogP) is 0.448. The molecule has 1 saturated carbocycles. The van der Waals surface area contributed by atoms with E-state index in [2.05, 4.69) is 5.32 Å². The molecule has 3 N–H and O–H groups in total. The minimum absolute atomic E-state index is 0.667. The predicted molar refractivity (Wildman–Crippen MR) is 49.1 cm³/mol. The zero-order valence-electron chi connectivity index (χ0n) is 7.95. The smallest absolute Gasteiger partial charge is 0.414 e. The molecule has 1 aliphatic carbocycles. The Labute approximate surface area is 82.1 Å². The molecule has 80 valence electrons. The summed E-state index contributed by atoms with van der Waals surface area (Å²) in [7, 11) is 0. The molecule has 2 aliphatic rings. The number of carbonyl (C=O) groups is 2. The normalized spacial score (nSPS) is 22.0. The maximum atomic E-state index is 9.10. The molecule has 5 heteroatoms. The molecule has 1 aliphatic heterocycles. The molecule has 0 aromatic rings. The van der Waals surface area contributed by atoms with Crippen molar-refractivity contribution < 1.29 is 19.8 Å². The number of hydrogen-bond acceptors (Lipinski definition) is 3. The van der Waals surface area contributed by atoms with E-state index in [0.717, 1.165) is 0 Å². The molecular weight excluding hydrogens is 186 g/mol. The quantitative estimate of drug-likeness (QED) is 0.495. The summed E-state index contributed by atoms with van der Waals surface area (Å²) >= 11 is 0. The summed E-state index contributed by atoms with van der Waals surface area (Å²) in [6, 6.07) is 0. The Bertz CT molecular complexity index is 215. The molecule has 0 aromatic carbocycles. The van der Waals surface area contributed by atoms with Gasteiger partial charge < -0.3 is 15.5 Å². The van der Waals surface area contributed by atoms with Crippen molar-refractivity contribution in [2.24, 2.45) is 0 Å². The van der Waals surface area contributed by atoms with Crippen LogP contribution in [-0.2, 0) is 9.59 Å². The summed E-state index contributed by atoms with van der Waals surface area (Å²) in [5, 5.41) is 18.4. The average molecular weight is 201 g/mol. The van der Waals surface area contributed by atoms with Crippen LogP contribution in [0.5, 0.6) is 0 Å². The highest BCUT2D eigenvalue weighted by atomic mass is 16.4. The Balaban J connectivity index is 0.000000149. The first-order valence-electron chi connectivity index (χ1n) is 4.77. The van der Waals surface area contributed by atoms with Gasteiger partial charge in [-0.3, -0.25) is 0 Å².